The number of carbonyl (C=O) groups excluding carboxylic acids is 1. The number of sulfonamides is 1. The lowest BCUT2D eigenvalue weighted by molar-refractivity contribution is 0.102. The number of benzene rings is 3. The van der Waals surface area contributed by atoms with Crippen LogP contribution in [0.1, 0.15) is 34.3 Å². The number of rotatable bonds is 6. The highest BCUT2D eigenvalue weighted by atomic mass is 32.2. The van der Waals surface area contributed by atoms with E-state index in [1.807, 2.05) is 5.38 Å². The number of amides is 1. The van der Waals surface area contributed by atoms with Crippen molar-refractivity contribution < 1.29 is 13.2 Å². The molecule has 0 saturated heterocycles. The van der Waals surface area contributed by atoms with Crippen molar-refractivity contribution in [1.82, 2.24) is 4.98 Å². The van der Waals surface area contributed by atoms with Gasteiger partial charge in [0, 0.05) is 22.2 Å². The van der Waals surface area contributed by atoms with Crippen LogP contribution in [0, 0.1) is 0 Å². The second-order valence-corrected chi connectivity index (χ2v) is 10.7. The predicted molar refractivity (Wildman–Crippen MR) is 136 cm³/mol. The van der Waals surface area contributed by atoms with E-state index in [-0.39, 0.29) is 10.8 Å². The first-order valence-corrected chi connectivity index (χ1v) is 13.4. The topological polar surface area (TPSA) is 88.2 Å². The zero-order valence-electron chi connectivity index (χ0n) is 18.3. The average Bonchev–Trinajstić information content (AvgIpc) is 3.33. The Labute approximate surface area is 202 Å². The molecule has 4 aromatic rings. The van der Waals surface area contributed by atoms with Gasteiger partial charge in [-0.05, 0) is 79.3 Å². The molecule has 1 aromatic heterocycles. The molecule has 0 aliphatic heterocycles. The Balaban J connectivity index is 1.25. The molecule has 0 unspecified atom stereocenters. The maximum absolute atomic E-state index is 12.7. The van der Waals surface area contributed by atoms with Gasteiger partial charge in [-0.15, -0.1) is 11.3 Å². The van der Waals surface area contributed by atoms with Crippen molar-refractivity contribution in [1.29, 1.82) is 0 Å². The van der Waals surface area contributed by atoms with Gasteiger partial charge in [0.15, 0.2) is 5.13 Å². The molecule has 1 heterocycles. The first-order chi connectivity index (χ1) is 16.5. The Morgan fingerprint density at radius 3 is 2.38 bits per heavy atom. The summed E-state index contributed by atoms with van der Waals surface area (Å²) in [5, 5.41) is 5.30. The normalized spacial score (nSPS) is 13.2. The summed E-state index contributed by atoms with van der Waals surface area (Å²) in [5.41, 5.74) is 5.52. The number of hydrogen-bond acceptors (Lipinski definition) is 5. The number of nitrogens with one attached hydrogen (secondary N) is 2. The monoisotopic (exact) mass is 489 g/mol. The minimum absolute atomic E-state index is 0.176. The van der Waals surface area contributed by atoms with Gasteiger partial charge in [0.2, 0.25) is 0 Å². The zero-order valence-corrected chi connectivity index (χ0v) is 20.0. The third-order valence-corrected chi connectivity index (χ3v) is 7.98. The summed E-state index contributed by atoms with van der Waals surface area (Å²) in [6, 6.07) is 20.9. The molecule has 0 spiro atoms. The molecular formula is C26H23N3O3S2. The first-order valence-electron chi connectivity index (χ1n) is 11.0. The van der Waals surface area contributed by atoms with Gasteiger partial charge >= 0.3 is 0 Å². The fraction of sp³-hybridized carbons (Fsp3) is 0.154. The van der Waals surface area contributed by atoms with E-state index in [9.17, 15) is 13.2 Å². The van der Waals surface area contributed by atoms with E-state index in [1.54, 1.807) is 42.5 Å². The second kappa shape index (κ2) is 9.40. The van der Waals surface area contributed by atoms with Crippen molar-refractivity contribution in [3.63, 3.8) is 0 Å². The number of nitrogens with zero attached hydrogens (tertiary/aromatic N) is 1. The summed E-state index contributed by atoms with van der Waals surface area (Å²) >= 11 is 1.38. The summed E-state index contributed by atoms with van der Waals surface area (Å²) < 4.78 is 27.4. The molecule has 0 atom stereocenters. The Morgan fingerprint density at radius 1 is 0.882 bits per heavy atom. The SMILES string of the molecule is O=C(Nc1nc(-c2ccc3c(c2)CCCC3)cs1)c1ccc(NS(=O)(=O)c2ccccc2)cc1. The highest BCUT2D eigenvalue weighted by Crippen LogP contribution is 2.30. The molecule has 0 bridgehead atoms. The van der Waals surface area contributed by atoms with Crippen molar-refractivity contribution in [3.8, 4) is 11.3 Å². The number of aryl methyl sites for hydroxylation is 2. The number of aromatic nitrogens is 1. The third-order valence-electron chi connectivity index (χ3n) is 5.82. The van der Waals surface area contributed by atoms with Crippen LogP contribution >= 0.6 is 11.3 Å². The highest BCUT2D eigenvalue weighted by molar-refractivity contribution is 7.92. The minimum atomic E-state index is -3.68. The van der Waals surface area contributed by atoms with E-state index in [1.165, 1.54) is 47.4 Å². The maximum atomic E-state index is 12.7. The van der Waals surface area contributed by atoms with E-state index >= 15 is 0 Å². The van der Waals surface area contributed by atoms with Gasteiger partial charge in [0.25, 0.3) is 15.9 Å². The number of carbonyl (C=O) groups is 1. The molecule has 34 heavy (non-hydrogen) atoms. The average molecular weight is 490 g/mol. The summed E-state index contributed by atoms with van der Waals surface area (Å²) in [6.45, 7) is 0. The number of thiazole rings is 1. The van der Waals surface area contributed by atoms with Gasteiger partial charge in [0.1, 0.15) is 0 Å². The van der Waals surface area contributed by atoms with Gasteiger partial charge < -0.3 is 0 Å². The molecule has 0 saturated carbocycles. The molecule has 172 valence electrons. The van der Waals surface area contributed by atoms with Gasteiger partial charge in [-0.2, -0.15) is 0 Å². The first kappa shape index (κ1) is 22.3. The molecule has 8 heteroatoms. The Hall–Kier alpha value is -3.49. The molecule has 3 aromatic carbocycles. The van der Waals surface area contributed by atoms with Crippen molar-refractivity contribution in [2.45, 2.75) is 30.6 Å². The van der Waals surface area contributed by atoms with Gasteiger partial charge in [-0.3, -0.25) is 14.8 Å². The van der Waals surface area contributed by atoms with Gasteiger partial charge in [-0.1, -0.05) is 30.3 Å². The molecule has 1 aliphatic rings. The van der Waals surface area contributed by atoms with E-state index in [4.69, 9.17) is 0 Å². The lowest BCUT2D eigenvalue weighted by atomic mass is 9.90. The quantitative estimate of drug-likeness (QED) is 0.361. The standard InChI is InChI=1S/C26H23N3O3S2/c30-25(19-12-14-22(15-13-19)29-34(31,32)23-8-2-1-3-9-23)28-26-27-24(17-33-26)21-11-10-18-6-4-5-7-20(18)16-21/h1-3,8-17,29H,4-7H2,(H,27,28,30). The van der Waals surface area contributed by atoms with Crippen molar-refractivity contribution >= 4 is 38.1 Å². The van der Waals surface area contributed by atoms with Gasteiger partial charge in [-0.25, -0.2) is 13.4 Å². The lowest BCUT2D eigenvalue weighted by Crippen LogP contribution is -2.14. The number of hydrogen-bond donors (Lipinski definition) is 2. The van der Waals surface area contributed by atoms with Crippen LogP contribution in [0.3, 0.4) is 0 Å². The van der Waals surface area contributed by atoms with Crippen molar-refractivity contribution in [2.75, 3.05) is 10.0 Å². The fourth-order valence-electron chi connectivity index (χ4n) is 4.03. The maximum Gasteiger partial charge on any atom is 0.261 e. The van der Waals surface area contributed by atoms with E-state index in [0.717, 1.165) is 24.1 Å². The van der Waals surface area contributed by atoms with Crippen LogP contribution in [0.4, 0.5) is 10.8 Å². The Kier molecular flexibility index (Phi) is 6.17. The molecule has 5 rings (SSSR count). The van der Waals surface area contributed by atoms with Crippen molar-refractivity contribution in [2.24, 2.45) is 0 Å². The summed E-state index contributed by atoms with van der Waals surface area (Å²) in [5.74, 6) is -0.302. The van der Waals surface area contributed by atoms with Gasteiger partial charge in [0.05, 0.1) is 10.6 Å². The molecule has 0 fully saturated rings. The van der Waals surface area contributed by atoms with E-state index in [2.05, 4.69) is 33.2 Å². The number of fused-ring (bicyclic) bond motifs is 1. The fourth-order valence-corrected chi connectivity index (χ4v) is 5.82. The molecule has 1 aliphatic carbocycles. The largest absolute Gasteiger partial charge is 0.298 e. The van der Waals surface area contributed by atoms with Crippen LogP contribution in [-0.4, -0.2) is 19.3 Å². The second-order valence-electron chi connectivity index (χ2n) is 8.18. The molecule has 0 radical (unpaired) electrons. The molecular weight excluding hydrogens is 466 g/mol. The Morgan fingerprint density at radius 2 is 1.62 bits per heavy atom. The highest BCUT2D eigenvalue weighted by Gasteiger charge is 2.15. The zero-order chi connectivity index (χ0) is 23.5. The molecule has 1 amide bonds. The third kappa shape index (κ3) is 4.88. The minimum Gasteiger partial charge on any atom is -0.298 e. The van der Waals surface area contributed by atoms with Crippen molar-refractivity contribution in [3.05, 3.63) is 94.9 Å². The van der Waals surface area contributed by atoms with Crippen LogP contribution in [0.25, 0.3) is 11.3 Å². The van der Waals surface area contributed by atoms with Crippen LogP contribution in [0.5, 0.6) is 0 Å². The molecule has 6 nitrogen and oxygen atoms in total. The summed E-state index contributed by atoms with van der Waals surface area (Å²) in [6.07, 6.45) is 4.72. The number of anilines is 2. The lowest BCUT2D eigenvalue weighted by Gasteiger charge is -2.16. The summed E-state index contributed by atoms with van der Waals surface area (Å²) in [7, 11) is -3.68. The van der Waals surface area contributed by atoms with Crippen LogP contribution in [0.15, 0.2) is 83.1 Å². The predicted octanol–water partition coefficient (Wildman–Crippen LogP) is 5.74. The van der Waals surface area contributed by atoms with Crippen LogP contribution in [-0.2, 0) is 22.9 Å². The van der Waals surface area contributed by atoms with Crippen LogP contribution in [0.2, 0.25) is 0 Å². The van der Waals surface area contributed by atoms with E-state index in [0.29, 0.717) is 16.4 Å². The van der Waals surface area contributed by atoms with Crippen LogP contribution < -0.4 is 10.0 Å². The Bertz CT molecular complexity index is 1430. The summed E-state index contributed by atoms with van der Waals surface area (Å²) in [4.78, 5) is 17.5. The smallest absolute Gasteiger partial charge is 0.261 e. The molecule has 2 N–H and O–H groups in total. The van der Waals surface area contributed by atoms with E-state index < -0.39 is 10.0 Å².